The van der Waals surface area contributed by atoms with Crippen LogP contribution in [0.4, 0.5) is 11.4 Å². The highest BCUT2D eigenvalue weighted by molar-refractivity contribution is 6.30. The molecule has 0 atom stereocenters. The first-order valence-corrected chi connectivity index (χ1v) is 6.25. The van der Waals surface area contributed by atoms with Crippen LogP contribution in [0.2, 0.25) is 5.02 Å². The Morgan fingerprint density at radius 3 is 2.60 bits per heavy atom. The van der Waals surface area contributed by atoms with E-state index in [-0.39, 0.29) is 5.69 Å². The average Bonchev–Trinajstić information content (AvgIpc) is 2.46. The number of rotatable bonds is 4. The molecule has 0 aromatic heterocycles. The van der Waals surface area contributed by atoms with E-state index in [0.717, 1.165) is 11.3 Å². The third-order valence-corrected chi connectivity index (χ3v) is 2.92. The van der Waals surface area contributed by atoms with E-state index in [9.17, 15) is 10.1 Å². The lowest BCUT2D eigenvalue weighted by Crippen LogP contribution is -1.99. The van der Waals surface area contributed by atoms with Gasteiger partial charge in [-0.1, -0.05) is 29.8 Å². The van der Waals surface area contributed by atoms with Gasteiger partial charge in [-0.05, 0) is 30.7 Å². The average molecular weight is 290 g/mol. The van der Waals surface area contributed by atoms with E-state index in [4.69, 9.17) is 11.6 Å². The van der Waals surface area contributed by atoms with Gasteiger partial charge in [-0.2, -0.15) is 5.10 Å². The second-order valence-corrected chi connectivity index (χ2v) is 4.56. The quantitative estimate of drug-likeness (QED) is 0.524. The molecule has 0 unspecified atom stereocenters. The van der Waals surface area contributed by atoms with Crippen LogP contribution in [-0.2, 0) is 0 Å². The fraction of sp³-hybridized carbons (Fsp3) is 0.0714. The minimum Gasteiger partial charge on any atom is -0.278 e. The highest BCUT2D eigenvalue weighted by Crippen LogP contribution is 2.17. The van der Waals surface area contributed by atoms with Gasteiger partial charge in [-0.25, -0.2) is 0 Å². The van der Waals surface area contributed by atoms with Gasteiger partial charge in [0.05, 0.1) is 16.3 Å². The molecule has 0 heterocycles. The van der Waals surface area contributed by atoms with Crippen molar-refractivity contribution in [2.24, 2.45) is 5.10 Å². The van der Waals surface area contributed by atoms with Crippen molar-refractivity contribution in [3.05, 3.63) is 69.2 Å². The molecule has 0 aliphatic carbocycles. The standard InChI is InChI=1S/C14H12ClN3O2/c1-10(11-5-7-12(15)8-6-11)16-17-13-3-2-4-14(9-13)18(19)20/h2-9,17H,1H3/b16-10+. The Hall–Kier alpha value is -2.40. The van der Waals surface area contributed by atoms with Crippen LogP contribution < -0.4 is 5.43 Å². The summed E-state index contributed by atoms with van der Waals surface area (Å²) in [5, 5.41) is 15.5. The fourth-order valence-corrected chi connectivity index (χ4v) is 1.72. The molecule has 102 valence electrons. The van der Waals surface area contributed by atoms with Crippen LogP contribution in [0.1, 0.15) is 12.5 Å². The summed E-state index contributed by atoms with van der Waals surface area (Å²) < 4.78 is 0. The molecule has 0 aliphatic rings. The molecule has 20 heavy (non-hydrogen) atoms. The second-order valence-electron chi connectivity index (χ2n) is 4.12. The lowest BCUT2D eigenvalue weighted by Gasteiger charge is -2.03. The van der Waals surface area contributed by atoms with Crippen molar-refractivity contribution in [2.75, 3.05) is 5.43 Å². The number of nitro benzene ring substituents is 1. The number of nitrogens with one attached hydrogen (secondary N) is 1. The largest absolute Gasteiger partial charge is 0.278 e. The van der Waals surface area contributed by atoms with Crippen LogP contribution in [0.15, 0.2) is 53.6 Å². The summed E-state index contributed by atoms with van der Waals surface area (Å²) in [6, 6.07) is 13.5. The van der Waals surface area contributed by atoms with Crippen molar-refractivity contribution in [2.45, 2.75) is 6.92 Å². The number of anilines is 1. The van der Waals surface area contributed by atoms with Gasteiger partial charge in [0.2, 0.25) is 0 Å². The zero-order valence-corrected chi connectivity index (χ0v) is 11.5. The smallest absolute Gasteiger partial charge is 0.271 e. The number of hydrogen-bond donors (Lipinski definition) is 1. The molecular weight excluding hydrogens is 278 g/mol. The maximum atomic E-state index is 10.7. The number of hydrogen-bond acceptors (Lipinski definition) is 4. The van der Waals surface area contributed by atoms with Crippen LogP contribution in [0, 0.1) is 10.1 Å². The van der Waals surface area contributed by atoms with Crippen LogP contribution in [0.3, 0.4) is 0 Å². The van der Waals surface area contributed by atoms with E-state index in [0.29, 0.717) is 10.7 Å². The molecule has 2 aromatic carbocycles. The van der Waals surface area contributed by atoms with Gasteiger partial charge in [0.15, 0.2) is 0 Å². The van der Waals surface area contributed by atoms with Crippen molar-refractivity contribution in [3.63, 3.8) is 0 Å². The van der Waals surface area contributed by atoms with Crippen LogP contribution in [-0.4, -0.2) is 10.6 Å². The molecule has 2 aromatic rings. The van der Waals surface area contributed by atoms with Crippen LogP contribution in [0.25, 0.3) is 0 Å². The monoisotopic (exact) mass is 289 g/mol. The number of hydrazone groups is 1. The lowest BCUT2D eigenvalue weighted by atomic mass is 10.1. The molecule has 5 nitrogen and oxygen atoms in total. The van der Waals surface area contributed by atoms with E-state index in [1.807, 2.05) is 19.1 Å². The Labute approximate surface area is 121 Å². The maximum absolute atomic E-state index is 10.7. The van der Waals surface area contributed by atoms with Gasteiger partial charge in [0.1, 0.15) is 0 Å². The van der Waals surface area contributed by atoms with E-state index in [1.54, 1.807) is 24.3 Å². The molecule has 0 saturated carbocycles. The Kier molecular flexibility index (Phi) is 4.32. The summed E-state index contributed by atoms with van der Waals surface area (Å²) in [7, 11) is 0. The van der Waals surface area contributed by atoms with Crippen LogP contribution >= 0.6 is 11.6 Å². The first kappa shape index (κ1) is 14.0. The molecule has 2 rings (SSSR count). The van der Waals surface area contributed by atoms with E-state index in [1.165, 1.54) is 12.1 Å². The van der Waals surface area contributed by atoms with E-state index in [2.05, 4.69) is 10.5 Å². The van der Waals surface area contributed by atoms with E-state index >= 15 is 0 Å². The Morgan fingerprint density at radius 2 is 1.95 bits per heavy atom. The molecule has 0 spiro atoms. The Morgan fingerprint density at radius 1 is 1.25 bits per heavy atom. The number of non-ortho nitro benzene ring substituents is 1. The first-order valence-electron chi connectivity index (χ1n) is 5.87. The SMILES string of the molecule is C/C(=N\Nc1cccc([N+](=O)[O-])c1)c1ccc(Cl)cc1. The predicted octanol–water partition coefficient (Wildman–Crippen LogP) is 4.08. The summed E-state index contributed by atoms with van der Waals surface area (Å²) in [5.74, 6) is 0. The number of nitro groups is 1. The summed E-state index contributed by atoms with van der Waals surface area (Å²) >= 11 is 5.82. The lowest BCUT2D eigenvalue weighted by molar-refractivity contribution is -0.384. The topological polar surface area (TPSA) is 67.5 Å². The Balaban J connectivity index is 2.14. The minimum absolute atomic E-state index is 0.0225. The van der Waals surface area contributed by atoms with Crippen molar-refractivity contribution in [3.8, 4) is 0 Å². The van der Waals surface area contributed by atoms with Crippen molar-refractivity contribution >= 4 is 28.7 Å². The zero-order chi connectivity index (χ0) is 14.5. The summed E-state index contributed by atoms with van der Waals surface area (Å²) in [6.07, 6.45) is 0. The molecule has 0 bridgehead atoms. The molecule has 0 aliphatic heterocycles. The predicted molar refractivity (Wildman–Crippen MR) is 80.4 cm³/mol. The molecule has 1 N–H and O–H groups in total. The highest BCUT2D eigenvalue weighted by atomic mass is 35.5. The third-order valence-electron chi connectivity index (χ3n) is 2.67. The summed E-state index contributed by atoms with van der Waals surface area (Å²) in [6.45, 7) is 1.84. The molecule has 0 radical (unpaired) electrons. The van der Waals surface area contributed by atoms with Gasteiger partial charge in [-0.15, -0.1) is 0 Å². The van der Waals surface area contributed by atoms with Gasteiger partial charge in [0.25, 0.3) is 5.69 Å². The van der Waals surface area contributed by atoms with Gasteiger partial charge in [0, 0.05) is 17.2 Å². The normalized spacial score (nSPS) is 11.2. The zero-order valence-electron chi connectivity index (χ0n) is 10.7. The van der Waals surface area contributed by atoms with Gasteiger partial charge >= 0.3 is 0 Å². The van der Waals surface area contributed by atoms with Gasteiger partial charge < -0.3 is 0 Å². The van der Waals surface area contributed by atoms with Gasteiger partial charge in [-0.3, -0.25) is 15.5 Å². The number of nitrogens with zero attached hydrogens (tertiary/aromatic N) is 2. The van der Waals surface area contributed by atoms with Crippen molar-refractivity contribution in [1.82, 2.24) is 0 Å². The first-order chi connectivity index (χ1) is 9.56. The minimum atomic E-state index is -0.444. The third kappa shape index (κ3) is 3.55. The van der Waals surface area contributed by atoms with Crippen LogP contribution in [0.5, 0.6) is 0 Å². The maximum Gasteiger partial charge on any atom is 0.271 e. The van der Waals surface area contributed by atoms with E-state index < -0.39 is 4.92 Å². The molecular formula is C14H12ClN3O2. The fourth-order valence-electron chi connectivity index (χ4n) is 1.59. The number of benzene rings is 2. The number of halogens is 1. The van der Waals surface area contributed by atoms with Crippen molar-refractivity contribution < 1.29 is 4.92 Å². The summed E-state index contributed by atoms with van der Waals surface area (Å²) in [5.41, 5.74) is 5.07. The molecule has 0 saturated heterocycles. The van der Waals surface area contributed by atoms with Crippen molar-refractivity contribution in [1.29, 1.82) is 0 Å². The molecule has 0 fully saturated rings. The summed E-state index contributed by atoms with van der Waals surface area (Å²) in [4.78, 5) is 10.2. The molecule has 0 amide bonds. The second kappa shape index (κ2) is 6.16. The Bertz CT molecular complexity index is 654. The molecule has 6 heteroatoms. The highest BCUT2D eigenvalue weighted by Gasteiger charge is 2.05.